The number of ketones is 1. The Hall–Kier alpha value is -3.80. The van der Waals surface area contributed by atoms with Crippen LogP contribution >= 0.6 is 23.1 Å². The van der Waals surface area contributed by atoms with Crippen LogP contribution in [-0.2, 0) is 19.4 Å². The molecule has 0 radical (unpaired) electrons. The third kappa shape index (κ3) is 4.87. The summed E-state index contributed by atoms with van der Waals surface area (Å²) in [4.78, 5) is 30.5. The summed E-state index contributed by atoms with van der Waals surface area (Å²) in [6.45, 7) is 3.69. The SMILES string of the molecule is CCOC(=O)C1=NN(c2ccc(C)cc2)/C(=C(/C(=O)c2nc3ccccc3s2)S(=O)(=O)c2ccccc2)S1. The van der Waals surface area contributed by atoms with E-state index in [9.17, 15) is 18.0 Å². The molecule has 1 aromatic heterocycles. The van der Waals surface area contributed by atoms with Gasteiger partial charge in [-0.2, -0.15) is 5.10 Å². The van der Waals surface area contributed by atoms with Crippen molar-refractivity contribution in [1.29, 1.82) is 0 Å². The van der Waals surface area contributed by atoms with Crippen LogP contribution in [-0.4, -0.2) is 36.8 Å². The monoisotopic (exact) mass is 563 g/mol. The molecule has 0 amide bonds. The van der Waals surface area contributed by atoms with Gasteiger partial charge in [-0.05, 0) is 62.0 Å². The summed E-state index contributed by atoms with van der Waals surface area (Å²) in [5, 5.41) is 5.59. The predicted molar refractivity (Wildman–Crippen MR) is 150 cm³/mol. The van der Waals surface area contributed by atoms with Crippen LogP contribution in [0.5, 0.6) is 0 Å². The number of hydrogen-bond acceptors (Lipinski definition) is 10. The number of esters is 1. The molecule has 11 heteroatoms. The summed E-state index contributed by atoms with van der Waals surface area (Å²) in [6, 6.07) is 22.0. The van der Waals surface area contributed by atoms with Gasteiger partial charge in [0.05, 0.1) is 27.4 Å². The first-order valence-corrected chi connectivity index (χ1v) is 14.7. The largest absolute Gasteiger partial charge is 0.461 e. The molecule has 0 unspecified atom stereocenters. The lowest BCUT2D eigenvalue weighted by Gasteiger charge is -2.19. The third-order valence-electron chi connectivity index (χ3n) is 5.52. The van der Waals surface area contributed by atoms with E-state index < -0.39 is 26.5 Å². The van der Waals surface area contributed by atoms with Gasteiger partial charge in [-0.25, -0.2) is 23.2 Å². The molecule has 3 aromatic carbocycles. The molecule has 0 saturated heterocycles. The normalized spacial score (nSPS) is 14.9. The van der Waals surface area contributed by atoms with E-state index in [0.29, 0.717) is 11.2 Å². The number of carbonyl (C=O) groups is 2. The maximum absolute atomic E-state index is 14.1. The van der Waals surface area contributed by atoms with E-state index >= 15 is 0 Å². The Balaban J connectivity index is 1.75. The number of aryl methyl sites for hydroxylation is 1. The summed E-state index contributed by atoms with van der Waals surface area (Å²) < 4.78 is 34.0. The van der Waals surface area contributed by atoms with Crippen LogP contribution < -0.4 is 5.01 Å². The highest BCUT2D eigenvalue weighted by molar-refractivity contribution is 8.19. The van der Waals surface area contributed by atoms with Gasteiger partial charge < -0.3 is 4.74 Å². The Morgan fingerprint density at radius 2 is 1.63 bits per heavy atom. The Labute approximate surface area is 227 Å². The maximum Gasteiger partial charge on any atom is 0.365 e. The summed E-state index contributed by atoms with van der Waals surface area (Å²) >= 11 is 1.89. The molecule has 0 bridgehead atoms. The number of para-hydroxylation sites is 1. The third-order valence-corrected chi connectivity index (χ3v) is 9.50. The van der Waals surface area contributed by atoms with Crippen molar-refractivity contribution < 1.29 is 22.7 Å². The molecule has 0 spiro atoms. The molecule has 1 aliphatic heterocycles. The average Bonchev–Trinajstić information content (AvgIpc) is 3.55. The van der Waals surface area contributed by atoms with Crippen molar-refractivity contribution in [2.45, 2.75) is 18.7 Å². The van der Waals surface area contributed by atoms with Crippen molar-refractivity contribution in [1.82, 2.24) is 4.98 Å². The molecule has 0 aliphatic carbocycles. The fourth-order valence-corrected chi connectivity index (χ4v) is 7.39. The van der Waals surface area contributed by atoms with Crippen LogP contribution in [0, 0.1) is 6.92 Å². The first-order chi connectivity index (χ1) is 18.3. The van der Waals surface area contributed by atoms with Gasteiger partial charge in [-0.1, -0.05) is 48.0 Å². The van der Waals surface area contributed by atoms with Crippen molar-refractivity contribution in [2.75, 3.05) is 11.6 Å². The summed E-state index contributed by atoms with van der Waals surface area (Å²) in [5.74, 6) is -1.50. The van der Waals surface area contributed by atoms with E-state index in [-0.39, 0.29) is 26.6 Å². The zero-order valence-corrected chi connectivity index (χ0v) is 22.8. The number of anilines is 1. The van der Waals surface area contributed by atoms with Crippen molar-refractivity contribution in [3.8, 4) is 0 Å². The van der Waals surface area contributed by atoms with Gasteiger partial charge in [-0.3, -0.25) is 4.79 Å². The van der Waals surface area contributed by atoms with Gasteiger partial charge in [0.25, 0.3) is 0 Å². The topological polar surface area (TPSA) is 106 Å². The Kier molecular flexibility index (Phi) is 7.15. The smallest absolute Gasteiger partial charge is 0.365 e. The number of nitrogens with zero attached hydrogens (tertiary/aromatic N) is 3. The molecular weight excluding hydrogens is 543 g/mol. The number of hydrogen-bond donors (Lipinski definition) is 0. The second-order valence-corrected chi connectivity index (χ2v) is 12.0. The molecule has 1 aliphatic rings. The minimum atomic E-state index is -4.37. The first kappa shape index (κ1) is 25.8. The van der Waals surface area contributed by atoms with Crippen LogP contribution in [0.15, 0.2) is 98.8 Å². The van der Waals surface area contributed by atoms with Crippen LogP contribution in [0.2, 0.25) is 0 Å². The quantitative estimate of drug-likeness (QED) is 0.163. The Morgan fingerprint density at radius 1 is 0.947 bits per heavy atom. The standard InChI is InChI=1S/C27H21N3O5S3/c1-3-35-27(32)25-29-30(18-15-13-17(2)14-16-18)26(37-25)23(38(33,34)19-9-5-4-6-10-19)22(31)24-28-20-11-7-8-12-21(20)36-24/h4-16H,3H2,1-2H3/b26-23+. The van der Waals surface area contributed by atoms with Gasteiger partial charge in [0, 0.05) is 0 Å². The van der Waals surface area contributed by atoms with Crippen molar-refractivity contribution in [3.05, 3.63) is 99.4 Å². The van der Waals surface area contributed by atoms with Gasteiger partial charge in [-0.15, -0.1) is 11.3 Å². The number of aromatic nitrogens is 1. The lowest BCUT2D eigenvalue weighted by atomic mass is 10.2. The Morgan fingerprint density at radius 3 is 2.32 bits per heavy atom. The first-order valence-electron chi connectivity index (χ1n) is 11.5. The molecule has 2 heterocycles. The van der Waals surface area contributed by atoms with Crippen molar-refractivity contribution >= 4 is 65.6 Å². The zero-order valence-electron chi connectivity index (χ0n) is 20.3. The van der Waals surface area contributed by atoms with Crippen LogP contribution in [0.25, 0.3) is 10.2 Å². The molecule has 38 heavy (non-hydrogen) atoms. The predicted octanol–water partition coefficient (Wildman–Crippen LogP) is 5.56. The lowest BCUT2D eigenvalue weighted by molar-refractivity contribution is -0.134. The van der Waals surface area contributed by atoms with Gasteiger partial charge in [0.2, 0.25) is 20.7 Å². The summed E-state index contributed by atoms with van der Waals surface area (Å²) in [7, 11) is -4.37. The molecule has 0 N–H and O–H groups in total. The van der Waals surface area contributed by atoms with Gasteiger partial charge >= 0.3 is 5.97 Å². The van der Waals surface area contributed by atoms with Crippen LogP contribution in [0.4, 0.5) is 5.69 Å². The number of sulfone groups is 1. The van der Waals surface area contributed by atoms with E-state index in [4.69, 9.17) is 4.74 Å². The van der Waals surface area contributed by atoms with E-state index in [2.05, 4.69) is 10.1 Å². The fourth-order valence-electron chi connectivity index (χ4n) is 3.69. The lowest BCUT2D eigenvalue weighted by Crippen LogP contribution is -2.21. The highest BCUT2D eigenvalue weighted by Gasteiger charge is 2.40. The highest BCUT2D eigenvalue weighted by Crippen LogP contribution is 2.41. The highest BCUT2D eigenvalue weighted by atomic mass is 32.2. The second-order valence-electron chi connectivity index (χ2n) is 8.14. The summed E-state index contributed by atoms with van der Waals surface area (Å²) in [5.41, 5.74) is 2.04. The minimum Gasteiger partial charge on any atom is -0.461 e. The number of ether oxygens (including phenoxy) is 1. The van der Waals surface area contributed by atoms with E-state index in [0.717, 1.165) is 33.4 Å². The summed E-state index contributed by atoms with van der Waals surface area (Å²) in [6.07, 6.45) is 0. The van der Waals surface area contributed by atoms with Crippen LogP contribution in [0.1, 0.15) is 22.3 Å². The number of hydrazone groups is 1. The number of rotatable bonds is 7. The second kappa shape index (κ2) is 10.5. The number of carbonyl (C=O) groups excluding carboxylic acids is 2. The molecule has 192 valence electrons. The number of thiazole rings is 1. The number of allylic oxidation sites excluding steroid dienone is 1. The molecule has 0 saturated carbocycles. The molecule has 8 nitrogen and oxygen atoms in total. The number of benzene rings is 3. The molecule has 5 rings (SSSR count). The molecule has 4 aromatic rings. The zero-order chi connectivity index (χ0) is 26.9. The van der Waals surface area contributed by atoms with Gasteiger partial charge in [0.1, 0.15) is 5.03 Å². The maximum atomic E-state index is 14.1. The fraction of sp³-hybridized carbons (Fsp3) is 0.111. The number of Topliss-reactive ketones (excluding diaryl/α,β-unsaturated/α-hetero) is 1. The van der Waals surface area contributed by atoms with E-state index in [1.54, 1.807) is 49.4 Å². The molecule has 0 atom stereocenters. The van der Waals surface area contributed by atoms with Crippen LogP contribution in [0.3, 0.4) is 0 Å². The number of thioether (sulfide) groups is 1. The van der Waals surface area contributed by atoms with Gasteiger partial charge in [0.15, 0.2) is 9.91 Å². The van der Waals surface area contributed by atoms with E-state index in [1.165, 1.54) is 17.1 Å². The van der Waals surface area contributed by atoms with Crippen molar-refractivity contribution in [3.63, 3.8) is 0 Å². The number of fused-ring (bicyclic) bond motifs is 1. The molecular formula is C27H21N3O5S3. The Bertz CT molecular complexity index is 1680. The average molecular weight is 564 g/mol. The van der Waals surface area contributed by atoms with Crippen molar-refractivity contribution in [2.24, 2.45) is 5.10 Å². The molecule has 0 fully saturated rings. The minimum absolute atomic E-state index is 0.0160. The van der Waals surface area contributed by atoms with E-state index in [1.807, 2.05) is 31.2 Å².